The van der Waals surface area contributed by atoms with Crippen LogP contribution in [0.4, 0.5) is 5.69 Å². The predicted molar refractivity (Wildman–Crippen MR) is 94.0 cm³/mol. The third-order valence-electron chi connectivity index (χ3n) is 3.77. The summed E-state index contributed by atoms with van der Waals surface area (Å²) in [6.07, 6.45) is 2.52. The third-order valence-corrected chi connectivity index (χ3v) is 4.90. The van der Waals surface area contributed by atoms with Crippen molar-refractivity contribution in [3.8, 4) is 0 Å². The minimum absolute atomic E-state index is 0.000799. The predicted octanol–water partition coefficient (Wildman–Crippen LogP) is 4.10. The molecule has 1 aliphatic rings. The third kappa shape index (κ3) is 3.36. The van der Waals surface area contributed by atoms with Crippen molar-refractivity contribution in [1.29, 1.82) is 0 Å². The van der Waals surface area contributed by atoms with Gasteiger partial charge in [-0.25, -0.2) is 10.4 Å². The van der Waals surface area contributed by atoms with Crippen LogP contribution in [0.5, 0.6) is 0 Å². The van der Waals surface area contributed by atoms with Gasteiger partial charge >= 0.3 is 0 Å². The molecule has 0 spiro atoms. The van der Waals surface area contributed by atoms with Gasteiger partial charge in [-0.3, -0.25) is 4.79 Å². The normalized spacial score (nSPS) is 19.7. The molecule has 0 aromatic carbocycles. The molecule has 2 aromatic heterocycles. The van der Waals surface area contributed by atoms with Gasteiger partial charge in [-0.1, -0.05) is 41.7 Å². The fraction of sp³-hybridized carbons (Fsp3) is 0.267. The van der Waals surface area contributed by atoms with E-state index in [-0.39, 0.29) is 26.6 Å². The largest absolute Gasteiger partial charge is 0.460 e. The smallest absolute Gasteiger partial charge is 0.291 e. The number of aromatic nitrogens is 1. The van der Waals surface area contributed by atoms with Crippen LogP contribution in [0.3, 0.4) is 0 Å². The van der Waals surface area contributed by atoms with Crippen LogP contribution in [0.2, 0.25) is 15.2 Å². The molecule has 0 radical (unpaired) electrons. The molecule has 2 atom stereocenters. The first-order valence-corrected chi connectivity index (χ1v) is 8.25. The zero-order valence-electron chi connectivity index (χ0n) is 12.5. The Hall–Kier alpha value is -1.76. The fourth-order valence-electron chi connectivity index (χ4n) is 2.24. The quantitative estimate of drug-likeness (QED) is 0.469. The minimum atomic E-state index is -0.663. The van der Waals surface area contributed by atoms with E-state index in [9.17, 15) is 4.79 Å². The van der Waals surface area contributed by atoms with Crippen LogP contribution in [-0.2, 0) is 0 Å². The maximum absolute atomic E-state index is 12.1. The molecule has 0 saturated heterocycles. The summed E-state index contributed by atoms with van der Waals surface area (Å²) in [4.78, 5) is 15.9. The van der Waals surface area contributed by atoms with Crippen LogP contribution in [-0.4, -0.2) is 17.1 Å². The van der Waals surface area contributed by atoms with Gasteiger partial charge in [-0.15, -0.1) is 0 Å². The van der Waals surface area contributed by atoms with Gasteiger partial charge in [0.15, 0.2) is 10.8 Å². The second kappa shape index (κ2) is 6.63. The lowest BCUT2D eigenvalue weighted by Gasteiger charge is -2.07. The van der Waals surface area contributed by atoms with Crippen LogP contribution in [0.15, 0.2) is 21.7 Å². The zero-order chi connectivity index (χ0) is 17.4. The van der Waals surface area contributed by atoms with Gasteiger partial charge in [0.1, 0.15) is 16.5 Å². The monoisotopic (exact) mass is 386 g/mol. The molecule has 3 N–H and O–H groups in total. The number of anilines is 1. The van der Waals surface area contributed by atoms with Gasteiger partial charge in [0.05, 0.1) is 16.9 Å². The van der Waals surface area contributed by atoms with E-state index >= 15 is 0 Å². The number of nitrogens with zero attached hydrogens (tertiary/aromatic N) is 2. The number of carbonyl (C=O) groups excluding carboxylic acids is 1. The van der Waals surface area contributed by atoms with Crippen molar-refractivity contribution in [2.45, 2.75) is 19.3 Å². The Kier molecular flexibility index (Phi) is 4.71. The molecular formula is C15H13Cl3N4O2. The average molecular weight is 388 g/mol. The maximum atomic E-state index is 12.1. The lowest BCUT2D eigenvalue weighted by atomic mass is 10.3. The lowest BCUT2D eigenvalue weighted by molar-refractivity contribution is 0.0950. The van der Waals surface area contributed by atoms with E-state index in [0.29, 0.717) is 17.6 Å². The molecule has 0 aliphatic heterocycles. The van der Waals surface area contributed by atoms with Crippen LogP contribution < -0.4 is 11.2 Å². The van der Waals surface area contributed by atoms with Gasteiger partial charge in [0, 0.05) is 5.92 Å². The summed E-state index contributed by atoms with van der Waals surface area (Å²) < 4.78 is 5.64. The Bertz CT molecular complexity index is 834. The number of nitrogens with two attached hydrogens (primary N) is 1. The van der Waals surface area contributed by atoms with Crippen molar-refractivity contribution in [1.82, 2.24) is 10.4 Å². The topological polar surface area (TPSA) is 93.5 Å². The Balaban J connectivity index is 1.68. The van der Waals surface area contributed by atoms with Crippen LogP contribution >= 0.6 is 34.8 Å². The molecule has 2 aromatic rings. The molecule has 1 amide bonds. The highest BCUT2D eigenvalue weighted by molar-refractivity contribution is 6.46. The Morgan fingerprint density at radius 3 is 2.79 bits per heavy atom. The number of hydrogen-bond acceptors (Lipinski definition) is 5. The number of halogens is 3. The molecule has 24 heavy (non-hydrogen) atoms. The molecule has 3 rings (SSSR count). The van der Waals surface area contributed by atoms with Gasteiger partial charge in [-0.05, 0) is 24.5 Å². The summed E-state index contributed by atoms with van der Waals surface area (Å²) in [5.41, 5.74) is 7.79. The molecule has 126 valence electrons. The standard InChI is InChI=1S/C15H13Cl3N4O2/c1-6-4-8(6)9-3-2-7(24-9)5-20-22-15(23)13-10(16)12(19)11(17)14(18)21-13/h2-3,5-6,8H,4H2,1H3,(H2,19,21)(H,22,23)/b20-5-/t6-,8+/m0/s1. The van der Waals surface area contributed by atoms with E-state index in [1.165, 1.54) is 6.21 Å². The summed E-state index contributed by atoms with van der Waals surface area (Å²) in [6.45, 7) is 2.17. The van der Waals surface area contributed by atoms with Crippen LogP contribution in [0, 0.1) is 5.92 Å². The molecule has 2 heterocycles. The number of furan rings is 1. The Labute approximate surface area is 153 Å². The van der Waals surface area contributed by atoms with Gasteiger partial charge in [-0.2, -0.15) is 5.10 Å². The highest BCUT2D eigenvalue weighted by Crippen LogP contribution is 2.47. The molecule has 0 unspecified atom stereocenters. The average Bonchev–Trinajstić information content (AvgIpc) is 3.09. The van der Waals surface area contributed by atoms with E-state index in [0.717, 1.165) is 12.2 Å². The summed E-state index contributed by atoms with van der Waals surface area (Å²) in [7, 11) is 0. The maximum Gasteiger partial charge on any atom is 0.291 e. The van der Waals surface area contributed by atoms with Crippen LogP contribution in [0.1, 0.15) is 41.3 Å². The number of nitrogen functional groups attached to an aromatic ring is 1. The van der Waals surface area contributed by atoms with Crippen molar-refractivity contribution in [2.24, 2.45) is 11.0 Å². The van der Waals surface area contributed by atoms with Gasteiger partial charge in [0.25, 0.3) is 5.91 Å². The van der Waals surface area contributed by atoms with E-state index in [4.69, 9.17) is 45.0 Å². The highest BCUT2D eigenvalue weighted by Gasteiger charge is 2.36. The number of amides is 1. The molecule has 0 bridgehead atoms. The first kappa shape index (κ1) is 17.1. The second-order valence-corrected chi connectivity index (χ2v) is 6.67. The summed E-state index contributed by atoms with van der Waals surface area (Å²) >= 11 is 17.6. The van der Waals surface area contributed by atoms with Crippen LogP contribution in [0.25, 0.3) is 0 Å². The Morgan fingerprint density at radius 2 is 2.12 bits per heavy atom. The second-order valence-electron chi connectivity index (χ2n) is 5.55. The SMILES string of the molecule is C[C@H]1C[C@H]1c1ccc(/C=N\NC(=O)c2nc(Cl)c(Cl)c(N)c2Cl)o1. The van der Waals surface area contributed by atoms with E-state index in [1.807, 2.05) is 6.07 Å². The molecule has 6 nitrogen and oxygen atoms in total. The summed E-state index contributed by atoms with van der Waals surface area (Å²) in [5.74, 6) is 1.93. The zero-order valence-corrected chi connectivity index (χ0v) is 14.8. The highest BCUT2D eigenvalue weighted by atomic mass is 35.5. The number of hydrogen-bond donors (Lipinski definition) is 2. The lowest BCUT2D eigenvalue weighted by Crippen LogP contribution is -2.20. The number of pyridine rings is 1. The number of hydrazone groups is 1. The van der Waals surface area contributed by atoms with E-state index < -0.39 is 5.91 Å². The van der Waals surface area contributed by atoms with Crippen molar-refractivity contribution in [3.63, 3.8) is 0 Å². The molecule has 1 aliphatic carbocycles. The van der Waals surface area contributed by atoms with Crippen molar-refractivity contribution in [3.05, 3.63) is 44.5 Å². The van der Waals surface area contributed by atoms with Gasteiger partial charge in [0.2, 0.25) is 0 Å². The molecular weight excluding hydrogens is 375 g/mol. The van der Waals surface area contributed by atoms with Gasteiger partial charge < -0.3 is 10.2 Å². The van der Waals surface area contributed by atoms with E-state index in [2.05, 4.69) is 22.4 Å². The molecule has 1 saturated carbocycles. The van der Waals surface area contributed by atoms with Crippen molar-refractivity contribution >= 4 is 52.6 Å². The first-order chi connectivity index (χ1) is 11.4. The molecule has 1 fully saturated rings. The van der Waals surface area contributed by atoms with Crippen molar-refractivity contribution < 1.29 is 9.21 Å². The number of carbonyl (C=O) groups is 1. The molecule has 9 heteroatoms. The number of nitrogens with one attached hydrogen (secondary N) is 1. The Morgan fingerprint density at radius 1 is 1.42 bits per heavy atom. The van der Waals surface area contributed by atoms with Crippen molar-refractivity contribution in [2.75, 3.05) is 5.73 Å². The van der Waals surface area contributed by atoms with E-state index in [1.54, 1.807) is 6.07 Å². The number of rotatable bonds is 4. The summed E-state index contributed by atoms with van der Waals surface area (Å²) in [5, 5.41) is 3.63. The summed E-state index contributed by atoms with van der Waals surface area (Å²) in [6, 6.07) is 3.70. The fourth-order valence-corrected chi connectivity index (χ4v) is 2.84. The first-order valence-electron chi connectivity index (χ1n) is 7.11. The minimum Gasteiger partial charge on any atom is -0.460 e.